The zero-order valence-corrected chi connectivity index (χ0v) is 12.5. The van der Waals surface area contributed by atoms with Gasteiger partial charge in [0.1, 0.15) is 22.0 Å². The SMILES string of the molecule is CC(C)(C)c1nc(Sc2ncnc3sccc23)n[nH]1. The van der Waals surface area contributed by atoms with Crippen molar-refractivity contribution in [3.05, 3.63) is 23.6 Å². The van der Waals surface area contributed by atoms with Crippen LogP contribution in [-0.4, -0.2) is 25.1 Å². The van der Waals surface area contributed by atoms with Gasteiger partial charge >= 0.3 is 0 Å². The molecule has 3 aromatic heterocycles. The number of H-pyrrole nitrogens is 1. The number of aromatic nitrogens is 5. The van der Waals surface area contributed by atoms with Crippen molar-refractivity contribution in [2.45, 2.75) is 36.4 Å². The summed E-state index contributed by atoms with van der Waals surface area (Å²) < 4.78 is 0. The Morgan fingerprint density at radius 3 is 2.84 bits per heavy atom. The van der Waals surface area contributed by atoms with Crippen molar-refractivity contribution in [1.29, 1.82) is 0 Å². The summed E-state index contributed by atoms with van der Waals surface area (Å²) >= 11 is 3.07. The van der Waals surface area contributed by atoms with Gasteiger partial charge in [0.2, 0.25) is 5.16 Å². The Bertz CT molecular complexity index is 710. The summed E-state index contributed by atoms with van der Waals surface area (Å²) in [6.45, 7) is 6.30. The van der Waals surface area contributed by atoms with Crippen LogP contribution in [0, 0.1) is 0 Å². The minimum Gasteiger partial charge on any atom is -0.262 e. The molecule has 0 aliphatic rings. The van der Waals surface area contributed by atoms with Crippen molar-refractivity contribution < 1.29 is 0 Å². The summed E-state index contributed by atoms with van der Waals surface area (Å²) in [6, 6.07) is 2.03. The second-order valence-electron chi connectivity index (χ2n) is 5.14. The Kier molecular flexibility index (Phi) is 3.02. The molecule has 1 N–H and O–H groups in total. The molecule has 0 saturated carbocycles. The fourth-order valence-corrected chi connectivity index (χ4v) is 3.14. The maximum Gasteiger partial charge on any atom is 0.214 e. The van der Waals surface area contributed by atoms with Gasteiger partial charge in [-0.2, -0.15) is 0 Å². The van der Waals surface area contributed by atoms with Gasteiger partial charge in [-0.15, -0.1) is 16.4 Å². The van der Waals surface area contributed by atoms with Gasteiger partial charge in [0.15, 0.2) is 0 Å². The molecule has 19 heavy (non-hydrogen) atoms. The molecule has 98 valence electrons. The summed E-state index contributed by atoms with van der Waals surface area (Å²) in [5.74, 6) is 0.880. The molecule has 0 amide bonds. The van der Waals surface area contributed by atoms with Crippen molar-refractivity contribution in [2.24, 2.45) is 0 Å². The van der Waals surface area contributed by atoms with Gasteiger partial charge in [0.25, 0.3) is 0 Å². The van der Waals surface area contributed by atoms with Crippen LogP contribution in [0.15, 0.2) is 28.0 Å². The fraction of sp³-hybridized carbons (Fsp3) is 0.333. The van der Waals surface area contributed by atoms with E-state index >= 15 is 0 Å². The van der Waals surface area contributed by atoms with Crippen LogP contribution < -0.4 is 0 Å². The van der Waals surface area contributed by atoms with E-state index in [1.54, 1.807) is 17.7 Å². The smallest absolute Gasteiger partial charge is 0.214 e. The van der Waals surface area contributed by atoms with Crippen molar-refractivity contribution in [2.75, 3.05) is 0 Å². The van der Waals surface area contributed by atoms with E-state index in [2.05, 4.69) is 45.9 Å². The largest absolute Gasteiger partial charge is 0.262 e. The lowest BCUT2D eigenvalue weighted by Crippen LogP contribution is -2.13. The molecule has 0 radical (unpaired) electrons. The molecule has 0 saturated heterocycles. The van der Waals surface area contributed by atoms with Gasteiger partial charge in [-0.3, -0.25) is 5.10 Å². The molecule has 0 unspecified atom stereocenters. The second kappa shape index (κ2) is 4.57. The van der Waals surface area contributed by atoms with E-state index in [9.17, 15) is 0 Å². The van der Waals surface area contributed by atoms with Crippen LogP contribution in [0.5, 0.6) is 0 Å². The highest BCUT2D eigenvalue weighted by Gasteiger charge is 2.19. The molecule has 5 nitrogen and oxygen atoms in total. The van der Waals surface area contributed by atoms with Gasteiger partial charge in [-0.05, 0) is 23.2 Å². The Balaban J connectivity index is 1.93. The third-order valence-electron chi connectivity index (χ3n) is 2.59. The molecule has 0 atom stereocenters. The minimum absolute atomic E-state index is 0.0326. The fourth-order valence-electron chi connectivity index (χ4n) is 1.56. The highest BCUT2D eigenvalue weighted by molar-refractivity contribution is 7.99. The standard InChI is InChI=1S/C12H13N5S2/c1-12(2,3)10-15-11(17-16-10)19-9-7-4-5-18-8(7)13-6-14-9/h4-6H,1-3H3,(H,15,16,17). The number of thiophene rings is 1. The second-order valence-corrected chi connectivity index (χ2v) is 6.99. The Labute approximate surface area is 118 Å². The summed E-state index contributed by atoms with van der Waals surface area (Å²) in [5.41, 5.74) is -0.0326. The van der Waals surface area contributed by atoms with Gasteiger partial charge in [0.05, 0.1) is 0 Å². The average molecular weight is 291 g/mol. The number of hydrogen-bond donors (Lipinski definition) is 1. The molecular weight excluding hydrogens is 278 g/mol. The summed E-state index contributed by atoms with van der Waals surface area (Å²) in [7, 11) is 0. The molecule has 0 aliphatic heterocycles. The van der Waals surface area contributed by atoms with E-state index in [1.165, 1.54) is 11.8 Å². The van der Waals surface area contributed by atoms with Crippen molar-refractivity contribution >= 4 is 33.3 Å². The number of nitrogens with one attached hydrogen (secondary N) is 1. The highest BCUT2D eigenvalue weighted by Crippen LogP contribution is 2.31. The van der Waals surface area contributed by atoms with E-state index in [4.69, 9.17) is 0 Å². The lowest BCUT2D eigenvalue weighted by molar-refractivity contribution is 0.547. The first-order valence-corrected chi connectivity index (χ1v) is 7.52. The normalized spacial score (nSPS) is 12.2. The first kappa shape index (κ1) is 12.6. The van der Waals surface area contributed by atoms with Gasteiger partial charge in [-0.25, -0.2) is 15.0 Å². The quantitative estimate of drug-likeness (QED) is 0.734. The maximum atomic E-state index is 4.51. The summed E-state index contributed by atoms with van der Waals surface area (Å²) in [5, 5.41) is 11.9. The molecule has 0 fully saturated rings. The van der Waals surface area contributed by atoms with Crippen LogP contribution in [-0.2, 0) is 5.41 Å². The maximum absolute atomic E-state index is 4.51. The molecule has 7 heteroatoms. The molecule has 0 bridgehead atoms. The molecule has 3 aromatic rings. The number of rotatable bonds is 2. The zero-order chi connectivity index (χ0) is 13.5. The highest BCUT2D eigenvalue weighted by atomic mass is 32.2. The molecule has 0 aliphatic carbocycles. The van der Waals surface area contributed by atoms with Crippen LogP contribution in [0.3, 0.4) is 0 Å². The van der Waals surface area contributed by atoms with Crippen molar-refractivity contribution in [3.8, 4) is 0 Å². The Morgan fingerprint density at radius 2 is 2.11 bits per heavy atom. The molecular formula is C12H13N5S2. The number of hydrogen-bond acceptors (Lipinski definition) is 6. The van der Waals surface area contributed by atoms with Crippen molar-refractivity contribution in [3.63, 3.8) is 0 Å². The van der Waals surface area contributed by atoms with E-state index < -0.39 is 0 Å². The average Bonchev–Trinajstić information content (AvgIpc) is 2.96. The Morgan fingerprint density at radius 1 is 1.26 bits per heavy atom. The predicted molar refractivity (Wildman–Crippen MR) is 76.6 cm³/mol. The lowest BCUT2D eigenvalue weighted by Gasteiger charge is -2.12. The number of fused-ring (bicyclic) bond motifs is 1. The lowest BCUT2D eigenvalue weighted by atomic mass is 9.96. The van der Waals surface area contributed by atoms with Gasteiger partial charge < -0.3 is 0 Å². The third-order valence-corrected chi connectivity index (χ3v) is 4.29. The first-order valence-electron chi connectivity index (χ1n) is 5.83. The molecule has 3 heterocycles. The van der Waals surface area contributed by atoms with Crippen LogP contribution in [0.2, 0.25) is 0 Å². The van der Waals surface area contributed by atoms with Crippen LogP contribution in [0.1, 0.15) is 26.6 Å². The third kappa shape index (κ3) is 2.48. The van der Waals surface area contributed by atoms with Crippen LogP contribution in [0.4, 0.5) is 0 Å². The number of nitrogens with zero attached hydrogens (tertiary/aromatic N) is 4. The summed E-state index contributed by atoms with van der Waals surface area (Å²) in [6.07, 6.45) is 1.58. The van der Waals surface area contributed by atoms with E-state index in [0.29, 0.717) is 5.16 Å². The summed E-state index contributed by atoms with van der Waals surface area (Å²) in [4.78, 5) is 14.0. The van der Waals surface area contributed by atoms with E-state index in [-0.39, 0.29) is 5.41 Å². The molecule has 0 aromatic carbocycles. The van der Waals surface area contributed by atoms with Crippen LogP contribution in [0.25, 0.3) is 10.2 Å². The van der Waals surface area contributed by atoms with Crippen LogP contribution >= 0.6 is 23.1 Å². The minimum atomic E-state index is -0.0326. The zero-order valence-electron chi connectivity index (χ0n) is 10.8. The molecule has 3 rings (SSSR count). The van der Waals surface area contributed by atoms with Gasteiger partial charge in [0, 0.05) is 10.8 Å². The Hall–Kier alpha value is -1.47. The number of aromatic amines is 1. The predicted octanol–water partition coefficient (Wildman–Crippen LogP) is 3.26. The topological polar surface area (TPSA) is 67.3 Å². The monoisotopic (exact) mass is 291 g/mol. The van der Waals surface area contributed by atoms with Gasteiger partial charge in [-0.1, -0.05) is 20.8 Å². The molecule has 0 spiro atoms. The van der Waals surface area contributed by atoms with E-state index in [1.807, 2.05) is 11.4 Å². The van der Waals surface area contributed by atoms with E-state index in [0.717, 1.165) is 21.1 Å². The van der Waals surface area contributed by atoms with Crippen molar-refractivity contribution in [1.82, 2.24) is 25.1 Å². The first-order chi connectivity index (χ1) is 9.04.